The number of benzene rings is 1. The topological polar surface area (TPSA) is 43.4 Å². The van der Waals surface area contributed by atoms with Crippen LogP contribution in [0.4, 0.5) is 0 Å². The van der Waals surface area contributed by atoms with E-state index in [0.29, 0.717) is 5.56 Å². The average molecular weight is 227 g/mol. The Morgan fingerprint density at radius 2 is 1.93 bits per heavy atom. The number of carbonyl (C=O) groups excluding carboxylic acids is 2. The lowest BCUT2D eigenvalue weighted by Gasteiger charge is -2.07. The normalized spacial score (nSPS) is 11.9. The first-order chi connectivity index (χ1) is 7.16. The number of hydrogen-bond acceptors (Lipinski definition) is 3. The molecule has 0 heterocycles. The molecule has 0 fully saturated rings. The SMILES string of the molecule is CCOC(=O)C(=O)[C@@H](Cl)c1ccccc1. The molecule has 0 saturated heterocycles. The Bertz CT molecular complexity index is 348. The van der Waals surface area contributed by atoms with E-state index in [9.17, 15) is 9.59 Å². The Balaban J connectivity index is 2.73. The molecule has 0 aliphatic carbocycles. The van der Waals surface area contributed by atoms with Crippen LogP contribution >= 0.6 is 11.6 Å². The van der Waals surface area contributed by atoms with Crippen LogP contribution in [0.1, 0.15) is 17.9 Å². The number of alkyl halides is 1. The van der Waals surface area contributed by atoms with Crippen LogP contribution in [-0.4, -0.2) is 18.4 Å². The standard InChI is InChI=1S/C11H11ClO3/c1-2-15-11(14)10(13)9(12)8-6-4-3-5-7-8/h3-7,9H,2H2,1H3/t9-/m0/s1. The predicted octanol–water partition coefficient (Wildman–Crippen LogP) is 2.10. The summed E-state index contributed by atoms with van der Waals surface area (Å²) in [5.74, 6) is -1.62. The molecule has 0 bridgehead atoms. The highest BCUT2D eigenvalue weighted by Gasteiger charge is 2.25. The fourth-order valence-corrected chi connectivity index (χ4v) is 1.31. The van der Waals surface area contributed by atoms with Gasteiger partial charge in [-0.05, 0) is 12.5 Å². The van der Waals surface area contributed by atoms with Crippen LogP contribution in [0.5, 0.6) is 0 Å². The molecule has 80 valence electrons. The van der Waals surface area contributed by atoms with Gasteiger partial charge in [0.15, 0.2) is 0 Å². The molecule has 1 aromatic rings. The third-order valence-corrected chi connectivity index (χ3v) is 2.25. The van der Waals surface area contributed by atoms with Crippen LogP contribution in [0.2, 0.25) is 0 Å². The minimum atomic E-state index is -0.967. The van der Waals surface area contributed by atoms with E-state index in [1.165, 1.54) is 0 Å². The van der Waals surface area contributed by atoms with Crippen molar-refractivity contribution in [1.29, 1.82) is 0 Å². The number of hydrogen-bond donors (Lipinski definition) is 0. The van der Waals surface area contributed by atoms with Crippen LogP contribution in [0.3, 0.4) is 0 Å². The summed E-state index contributed by atoms with van der Waals surface area (Å²) in [6, 6.07) is 8.69. The van der Waals surface area contributed by atoms with Crippen LogP contribution < -0.4 is 0 Å². The van der Waals surface area contributed by atoms with Gasteiger partial charge in [-0.3, -0.25) is 4.79 Å². The van der Waals surface area contributed by atoms with Crippen molar-refractivity contribution in [2.24, 2.45) is 0 Å². The van der Waals surface area contributed by atoms with E-state index in [1.54, 1.807) is 31.2 Å². The number of halogens is 1. The van der Waals surface area contributed by atoms with Gasteiger partial charge >= 0.3 is 5.97 Å². The number of Topliss-reactive ketones (excluding diaryl/α,β-unsaturated/α-hetero) is 1. The molecule has 0 saturated carbocycles. The van der Waals surface area contributed by atoms with E-state index in [4.69, 9.17) is 11.6 Å². The fraction of sp³-hybridized carbons (Fsp3) is 0.273. The van der Waals surface area contributed by atoms with Gasteiger partial charge < -0.3 is 4.74 Å². The maximum absolute atomic E-state index is 11.4. The maximum Gasteiger partial charge on any atom is 0.376 e. The summed E-state index contributed by atoms with van der Waals surface area (Å²) in [6.07, 6.45) is 0. The van der Waals surface area contributed by atoms with E-state index in [2.05, 4.69) is 4.74 Å². The Morgan fingerprint density at radius 1 is 1.33 bits per heavy atom. The first-order valence-corrected chi connectivity index (χ1v) is 5.00. The quantitative estimate of drug-likeness (QED) is 0.449. The second-order valence-electron chi connectivity index (χ2n) is 2.86. The Hall–Kier alpha value is -1.35. The van der Waals surface area contributed by atoms with Gasteiger partial charge in [-0.1, -0.05) is 30.3 Å². The predicted molar refractivity (Wildman–Crippen MR) is 56.7 cm³/mol. The summed E-state index contributed by atoms with van der Waals surface area (Å²) in [5.41, 5.74) is 0.595. The van der Waals surface area contributed by atoms with Crippen LogP contribution in [0.15, 0.2) is 30.3 Å². The molecule has 1 aromatic carbocycles. The zero-order chi connectivity index (χ0) is 11.3. The zero-order valence-electron chi connectivity index (χ0n) is 8.27. The molecule has 4 heteroatoms. The highest BCUT2D eigenvalue weighted by Crippen LogP contribution is 2.21. The van der Waals surface area contributed by atoms with Crippen molar-refractivity contribution in [1.82, 2.24) is 0 Å². The van der Waals surface area contributed by atoms with Crippen molar-refractivity contribution in [3.63, 3.8) is 0 Å². The Kier molecular flexibility index (Phi) is 4.31. The summed E-state index contributed by atoms with van der Waals surface area (Å²) < 4.78 is 4.57. The van der Waals surface area contributed by atoms with Gasteiger partial charge in [0.25, 0.3) is 5.78 Å². The van der Waals surface area contributed by atoms with Crippen molar-refractivity contribution in [2.45, 2.75) is 12.3 Å². The molecular formula is C11H11ClO3. The van der Waals surface area contributed by atoms with Crippen LogP contribution in [0.25, 0.3) is 0 Å². The van der Waals surface area contributed by atoms with E-state index in [-0.39, 0.29) is 6.61 Å². The molecule has 1 rings (SSSR count). The first kappa shape index (κ1) is 11.7. The number of ether oxygens (including phenoxy) is 1. The Morgan fingerprint density at radius 3 is 2.47 bits per heavy atom. The minimum absolute atomic E-state index is 0.170. The lowest BCUT2D eigenvalue weighted by Crippen LogP contribution is -2.21. The molecule has 0 aromatic heterocycles. The van der Waals surface area contributed by atoms with Gasteiger partial charge in [0.05, 0.1) is 6.61 Å². The van der Waals surface area contributed by atoms with Gasteiger partial charge in [0.1, 0.15) is 5.38 Å². The third kappa shape index (κ3) is 3.06. The Labute approximate surface area is 93.0 Å². The molecule has 1 atom stereocenters. The highest BCUT2D eigenvalue weighted by molar-refractivity contribution is 6.47. The second kappa shape index (κ2) is 5.51. The van der Waals surface area contributed by atoms with E-state index in [1.807, 2.05) is 6.07 Å². The van der Waals surface area contributed by atoms with Crippen molar-refractivity contribution >= 4 is 23.4 Å². The fourth-order valence-electron chi connectivity index (χ4n) is 1.08. The van der Waals surface area contributed by atoms with Crippen LogP contribution in [0, 0.1) is 0 Å². The number of ketones is 1. The van der Waals surface area contributed by atoms with Gasteiger partial charge in [0.2, 0.25) is 0 Å². The number of carbonyl (C=O) groups is 2. The first-order valence-electron chi connectivity index (χ1n) is 4.56. The second-order valence-corrected chi connectivity index (χ2v) is 3.29. The van der Waals surface area contributed by atoms with Gasteiger partial charge in [-0.25, -0.2) is 4.79 Å². The van der Waals surface area contributed by atoms with Gasteiger partial charge in [-0.15, -0.1) is 11.6 Å². The van der Waals surface area contributed by atoms with E-state index < -0.39 is 17.1 Å². The van der Waals surface area contributed by atoms with E-state index in [0.717, 1.165) is 0 Å². The number of rotatable bonds is 4. The minimum Gasteiger partial charge on any atom is -0.460 e. The smallest absolute Gasteiger partial charge is 0.376 e. The van der Waals surface area contributed by atoms with E-state index >= 15 is 0 Å². The zero-order valence-corrected chi connectivity index (χ0v) is 9.03. The van der Waals surface area contributed by atoms with Crippen molar-refractivity contribution < 1.29 is 14.3 Å². The molecule has 15 heavy (non-hydrogen) atoms. The average Bonchev–Trinajstić information content (AvgIpc) is 2.28. The monoisotopic (exact) mass is 226 g/mol. The van der Waals surface area contributed by atoms with Crippen LogP contribution in [-0.2, 0) is 14.3 Å². The summed E-state index contributed by atoms with van der Waals surface area (Å²) in [7, 11) is 0. The summed E-state index contributed by atoms with van der Waals surface area (Å²) in [5, 5.41) is -0.967. The molecule has 0 N–H and O–H groups in total. The molecule has 0 aliphatic heterocycles. The summed E-state index contributed by atoms with van der Waals surface area (Å²) in [4.78, 5) is 22.5. The van der Waals surface area contributed by atoms with Gasteiger partial charge in [0, 0.05) is 0 Å². The molecule has 0 spiro atoms. The molecule has 0 radical (unpaired) electrons. The van der Waals surface area contributed by atoms with Crippen molar-refractivity contribution in [2.75, 3.05) is 6.61 Å². The molecule has 0 aliphatic rings. The largest absolute Gasteiger partial charge is 0.460 e. The molecule has 0 unspecified atom stereocenters. The van der Waals surface area contributed by atoms with Crippen molar-refractivity contribution in [3.8, 4) is 0 Å². The molecular weight excluding hydrogens is 216 g/mol. The summed E-state index contributed by atoms with van der Waals surface area (Å²) in [6.45, 7) is 1.81. The molecule has 0 amide bonds. The molecule has 3 nitrogen and oxygen atoms in total. The highest BCUT2D eigenvalue weighted by atomic mass is 35.5. The number of esters is 1. The maximum atomic E-state index is 11.4. The van der Waals surface area contributed by atoms with Gasteiger partial charge in [-0.2, -0.15) is 0 Å². The third-order valence-electron chi connectivity index (χ3n) is 1.80. The lowest BCUT2D eigenvalue weighted by atomic mass is 10.1. The van der Waals surface area contributed by atoms with Crippen molar-refractivity contribution in [3.05, 3.63) is 35.9 Å². The lowest BCUT2D eigenvalue weighted by molar-refractivity contribution is -0.153. The summed E-state index contributed by atoms with van der Waals surface area (Å²) >= 11 is 5.84.